The summed E-state index contributed by atoms with van der Waals surface area (Å²) in [6.45, 7) is 6.32. The first-order chi connectivity index (χ1) is 9.97. The lowest BCUT2D eigenvalue weighted by Crippen LogP contribution is -2.44. The van der Waals surface area contributed by atoms with Crippen LogP contribution >= 0.6 is 0 Å². The van der Waals surface area contributed by atoms with Crippen molar-refractivity contribution in [3.63, 3.8) is 0 Å². The van der Waals surface area contributed by atoms with Crippen molar-refractivity contribution in [3.05, 3.63) is 0 Å². The minimum absolute atomic E-state index is 0.00487. The smallest absolute Gasteiger partial charge is 0.404 e. The van der Waals surface area contributed by atoms with E-state index in [1.807, 2.05) is 5.01 Å². The van der Waals surface area contributed by atoms with Crippen molar-refractivity contribution in [2.75, 3.05) is 19.6 Å². The monoisotopic (exact) mass is 299 g/mol. The van der Waals surface area contributed by atoms with E-state index in [1.165, 1.54) is 12.8 Å². The lowest BCUT2D eigenvalue weighted by atomic mass is 9.94. The molecule has 0 spiro atoms. The zero-order valence-electron chi connectivity index (χ0n) is 13.2. The third kappa shape index (κ3) is 8.55. The van der Waals surface area contributed by atoms with Crippen molar-refractivity contribution in [2.45, 2.75) is 52.4 Å². The van der Waals surface area contributed by atoms with Gasteiger partial charge in [-0.3, -0.25) is 10.2 Å². The molecule has 1 aliphatic rings. The van der Waals surface area contributed by atoms with Gasteiger partial charge in [-0.15, -0.1) is 0 Å². The Balaban J connectivity index is 2.40. The third-order valence-electron chi connectivity index (χ3n) is 3.71. The molecule has 0 aliphatic carbocycles. The van der Waals surface area contributed by atoms with Gasteiger partial charge in [0.05, 0.1) is 0 Å². The number of nitrogens with zero attached hydrogens (tertiary/aromatic N) is 1. The average molecular weight is 299 g/mol. The Hall–Kier alpha value is -1.30. The minimum atomic E-state index is -1.03. The molecule has 1 fully saturated rings. The Bertz CT molecular complexity index is 326. The number of amides is 2. The van der Waals surface area contributed by atoms with Gasteiger partial charge >= 0.3 is 6.09 Å². The van der Waals surface area contributed by atoms with Crippen LogP contribution in [0.25, 0.3) is 0 Å². The van der Waals surface area contributed by atoms with Crippen LogP contribution in [-0.4, -0.2) is 41.8 Å². The largest absolute Gasteiger partial charge is 0.465 e. The second kappa shape index (κ2) is 9.60. The van der Waals surface area contributed by atoms with E-state index in [-0.39, 0.29) is 11.8 Å². The molecule has 6 heteroatoms. The summed E-state index contributed by atoms with van der Waals surface area (Å²) in [6, 6.07) is 0. The molecular weight excluding hydrogens is 270 g/mol. The summed E-state index contributed by atoms with van der Waals surface area (Å²) in [5, 5.41) is 13.1. The Morgan fingerprint density at radius 1 is 1.14 bits per heavy atom. The fourth-order valence-corrected chi connectivity index (χ4v) is 2.80. The van der Waals surface area contributed by atoms with Crippen molar-refractivity contribution in [3.8, 4) is 0 Å². The Kier molecular flexibility index (Phi) is 8.12. The maximum absolute atomic E-state index is 12.1. The highest BCUT2D eigenvalue weighted by molar-refractivity contribution is 5.75. The van der Waals surface area contributed by atoms with Gasteiger partial charge in [-0.25, -0.2) is 9.80 Å². The van der Waals surface area contributed by atoms with Gasteiger partial charge in [-0.1, -0.05) is 26.7 Å². The number of nitrogens with one attached hydrogen (secondary N) is 2. The molecule has 1 rings (SSSR count). The quantitative estimate of drug-likeness (QED) is 0.673. The summed E-state index contributed by atoms with van der Waals surface area (Å²) in [6.07, 6.45) is 4.88. The lowest BCUT2D eigenvalue weighted by Gasteiger charge is -2.23. The molecular formula is C15H29N3O3. The maximum Gasteiger partial charge on any atom is 0.404 e. The highest BCUT2D eigenvalue weighted by atomic mass is 16.4. The minimum Gasteiger partial charge on any atom is -0.465 e. The van der Waals surface area contributed by atoms with Crippen molar-refractivity contribution < 1.29 is 14.7 Å². The molecule has 0 bridgehead atoms. The zero-order valence-corrected chi connectivity index (χ0v) is 13.2. The Labute approximate surface area is 127 Å². The summed E-state index contributed by atoms with van der Waals surface area (Å²) in [7, 11) is 0. The first-order valence-corrected chi connectivity index (χ1v) is 7.98. The predicted molar refractivity (Wildman–Crippen MR) is 81.8 cm³/mol. The van der Waals surface area contributed by atoms with E-state index in [9.17, 15) is 9.59 Å². The van der Waals surface area contributed by atoms with Gasteiger partial charge in [-0.2, -0.15) is 0 Å². The van der Waals surface area contributed by atoms with Crippen molar-refractivity contribution in [1.29, 1.82) is 0 Å². The van der Waals surface area contributed by atoms with Crippen LogP contribution in [0, 0.1) is 11.8 Å². The number of carbonyl (C=O) groups excluding carboxylic acids is 1. The molecule has 1 atom stereocenters. The fraction of sp³-hybridized carbons (Fsp3) is 0.867. The average Bonchev–Trinajstić information content (AvgIpc) is 2.63. The number of hydrogen-bond acceptors (Lipinski definition) is 3. The van der Waals surface area contributed by atoms with Crippen LogP contribution in [0.2, 0.25) is 0 Å². The maximum atomic E-state index is 12.1. The first-order valence-electron chi connectivity index (χ1n) is 7.98. The third-order valence-corrected chi connectivity index (χ3v) is 3.71. The molecule has 1 heterocycles. The number of rotatable bonds is 7. The number of carboxylic acid groups (broad SMARTS) is 1. The summed E-state index contributed by atoms with van der Waals surface area (Å²) >= 11 is 0. The van der Waals surface area contributed by atoms with E-state index < -0.39 is 6.09 Å². The molecule has 3 N–H and O–H groups in total. The highest BCUT2D eigenvalue weighted by Crippen LogP contribution is 2.15. The SMILES string of the molecule is CC(C)C[C@H](CNC(=O)O)CC(=O)NN1CCCCCC1. The van der Waals surface area contributed by atoms with Crippen LogP contribution in [-0.2, 0) is 4.79 Å². The van der Waals surface area contributed by atoms with Crippen LogP contribution < -0.4 is 10.7 Å². The van der Waals surface area contributed by atoms with Gasteiger partial charge in [0.1, 0.15) is 0 Å². The first kappa shape index (κ1) is 17.8. The molecule has 2 amide bonds. The second-order valence-corrected chi connectivity index (χ2v) is 6.32. The predicted octanol–water partition coefficient (Wildman–Crippen LogP) is 2.21. The van der Waals surface area contributed by atoms with E-state index in [1.54, 1.807) is 0 Å². The van der Waals surface area contributed by atoms with E-state index in [0.717, 1.165) is 32.4 Å². The number of carbonyl (C=O) groups is 2. The topological polar surface area (TPSA) is 81.7 Å². The standard InChI is InChI=1S/C15H29N3O3/c1-12(2)9-13(11-16-15(20)21)10-14(19)17-18-7-5-3-4-6-8-18/h12-13,16H,3-11H2,1-2H3,(H,17,19)(H,20,21)/t13-/m0/s1. The number of hydrogen-bond donors (Lipinski definition) is 3. The zero-order chi connectivity index (χ0) is 15.7. The molecule has 0 radical (unpaired) electrons. The number of hydrazine groups is 1. The Morgan fingerprint density at radius 3 is 2.29 bits per heavy atom. The normalized spacial score (nSPS) is 18.0. The van der Waals surface area contributed by atoms with Crippen LogP contribution in [0.4, 0.5) is 4.79 Å². The van der Waals surface area contributed by atoms with Gasteiger partial charge in [0.2, 0.25) is 5.91 Å². The van der Waals surface area contributed by atoms with E-state index in [4.69, 9.17) is 5.11 Å². The summed E-state index contributed by atoms with van der Waals surface area (Å²) in [5.74, 6) is 0.486. The van der Waals surface area contributed by atoms with Gasteiger partial charge in [0.15, 0.2) is 0 Å². The van der Waals surface area contributed by atoms with Crippen molar-refractivity contribution in [1.82, 2.24) is 15.8 Å². The highest BCUT2D eigenvalue weighted by Gasteiger charge is 2.18. The van der Waals surface area contributed by atoms with Gasteiger partial charge in [0.25, 0.3) is 0 Å². The van der Waals surface area contributed by atoms with Crippen LogP contribution in [0.3, 0.4) is 0 Å². The molecule has 1 saturated heterocycles. The van der Waals surface area contributed by atoms with Gasteiger partial charge in [-0.05, 0) is 31.1 Å². The van der Waals surface area contributed by atoms with Crippen LogP contribution in [0.1, 0.15) is 52.4 Å². The molecule has 0 aromatic carbocycles. The van der Waals surface area contributed by atoms with Crippen LogP contribution in [0.15, 0.2) is 0 Å². The van der Waals surface area contributed by atoms with E-state index >= 15 is 0 Å². The molecule has 6 nitrogen and oxygen atoms in total. The van der Waals surface area contributed by atoms with Crippen molar-refractivity contribution >= 4 is 12.0 Å². The van der Waals surface area contributed by atoms with E-state index in [2.05, 4.69) is 24.6 Å². The Morgan fingerprint density at radius 2 is 1.76 bits per heavy atom. The molecule has 0 aromatic heterocycles. The van der Waals surface area contributed by atoms with E-state index in [0.29, 0.717) is 18.9 Å². The van der Waals surface area contributed by atoms with Crippen molar-refractivity contribution in [2.24, 2.45) is 11.8 Å². The molecule has 0 unspecified atom stereocenters. The van der Waals surface area contributed by atoms with Gasteiger partial charge in [0, 0.05) is 26.1 Å². The molecule has 122 valence electrons. The molecule has 21 heavy (non-hydrogen) atoms. The molecule has 0 aromatic rings. The summed E-state index contributed by atoms with van der Waals surface area (Å²) in [4.78, 5) is 22.7. The second-order valence-electron chi connectivity index (χ2n) is 6.32. The van der Waals surface area contributed by atoms with Gasteiger partial charge < -0.3 is 10.4 Å². The molecule has 0 saturated carbocycles. The fourth-order valence-electron chi connectivity index (χ4n) is 2.80. The van der Waals surface area contributed by atoms with Crippen LogP contribution in [0.5, 0.6) is 0 Å². The summed E-state index contributed by atoms with van der Waals surface area (Å²) in [5.41, 5.74) is 2.97. The lowest BCUT2D eigenvalue weighted by molar-refractivity contribution is -0.127. The molecule has 1 aliphatic heterocycles. The summed E-state index contributed by atoms with van der Waals surface area (Å²) < 4.78 is 0.